The Kier molecular flexibility index (Phi) is 6.29. The van der Waals surface area contributed by atoms with Gasteiger partial charge in [-0.2, -0.15) is 0 Å². The number of hydrogen-bond donors (Lipinski definition) is 1. The molecule has 0 amide bonds. The molecule has 5 heteroatoms. The largest absolute Gasteiger partial charge is 0.489 e. The van der Waals surface area contributed by atoms with Gasteiger partial charge in [-0.3, -0.25) is 0 Å². The van der Waals surface area contributed by atoms with E-state index in [0.717, 1.165) is 37.4 Å². The van der Waals surface area contributed by atoms with E-state index >= 15 is 0 Å². The molecule has 0 aliphatic heterocycles. The van der Waals surface area contributed by atoms with Gasteiger partial charge in [-0.15, -0.1) is 0 Å². The van der Waals surface area contributed by atoms with Crippen LogP contribution in [0.1, 0.15) is 11.1 Å². The van der Waals surface area contributed by atoms with Crippen LogP contribution in [0.5, 0.6) is 5.75 Å². The summed E-state index contributed by atoms with van der Waals surface area (Å²) in [5.74, 6) is 0.856. The van der Waals surface area contributed by atoms with Crippen LogP contribution in [0.25, 0.3) is 10.8 Å². The fourth-order valence-corrected chi connectivity index (χ4v) is 3.72. The summed E-state index contributed by atoms with van der Waals surface area (Å²) in [6.07, 6.45) is 0. The lowest BCUT2D eigenvalue weighted by Gasteiger charge is -2.16. The predicted octanol–water partition coefficient (Wildman–Crippen LogP) is 8.10. The average molecular weight is 487 g/mol. The van der Waals surface area contributed by atoms with Crippen molar-refractivity contribution in [2.45, 2.75) is 13.2 Å². The first-order valence-corrected chi connectivity index (χ1v) is 10.7. The van der Waals surface area contributed by atoms with Crippen LogP contribution in [0.15, 0.2) is 83.3 Å². The first-order valence-electron chi connectivity index (χ1n) is 9.17. The van der Waals surface area contributed by atoms with Gasteiger partial charge < -0.3 is 10.1 Å². The van der Waals surface area contributed by atoms with Gasteiger partial charge in [0.2, 0.25) is 0 Å². The molecule has 0 unspecified atom stereocenters. The van der Waals surface area contributed by atoms with E-state index in [9.17, 15) is 0 Å². The highest BCUT2D eigenvalue weighted by Gasteiger charge is 2.10. The van der Waals surface area contributed by atoms with Gasteiger partial charge in [0.25, 0.3) is 0 Å². The molecule has 2 nitrogen and oxygen atoms in total. The van der Waals surface area contributed by atoms with Crippen LogP contribution in [0.4, 0.5) is 5.69 Å². The van der Waals surface area contributed by atoms with Crippen LogP contribution in [0, 0.1) is 0 Å². The minimum Gasteiger partial charge on any atom is -0.489 e. The number of benzene rings is 4. The summed E-state index contributed by atoms with van der Waals surface area (Å²) in [5.41, 5.74) is 3.13. The molecule has 1 N–H and O–H groups in total. The fraction of sp³-hybridized carbons (Fsp3) is 0.0833. The second-order valence-electron chi connectivity index (χ2n) is 6.66. The topological polar surface area (TPSA) is 21.3 Å². The summed E-state index contributed by atoms with van der Waals surface area (Å²) in [6, 6.07) is 26.0. The molecule has 146 valence electrons. The van der Waals surface area contributed by atoms with Crippen LogP contribution in [-0.4, -0.2) is 0 Å². The third kappa shape index (κ3) is 4.87. The minimum absolute atomic E-state index is 0.479. The monoisotopic (exact) mass is 485 g/mol. The summed E-state index contributed by atoms with van der Waals surface area (Å²) in [6.45, 7) is 1.10. The van der Waals surface area contributed by atoms with Gasteiger partial charge in [0.15, 0.2) is 0 Å². The molecule has 0 saturated carbocycles. The van der Waals surface area contributed by atoms with Crippen LogP contribution >= 0.6 is 39.1 Å². The van der Waals surface area contributed by atoms with Gasteiger partial charge in [0, 0.05) is 27.3 Å². The van der Waals surface area contributed by atoms with E-state index in [1.54, 1.807) is 0 Å². The van der Waals surface area contributed by atoms with Crippen LogP contribution in [0.2, 0.25) is 10.0 Å². The number of ether oxygens (including phenoxy) is 1. The Morgan fingerprint density at radius 1 is 0.862 bits per heavy atom. The Morgan fingerprint density at radius 2 is 1.66 bits per heavy atom. The van der Waals surface area contributed by atoms with Crippen molar-refractivity contribution in [3.8, 4) is 5.75 Å². The highest BCUT2D eigenvalue weighted by atomic mass is 79.9. The first kappa shape index (κ1) is 20.1. The number of hydrogen-bond acceptors (Lipinski definition) is 2. The van der Waals surface area contributed by atoms with Crippen molar-refractivity contribution in [2.24, 2.45) is 0 Å². The zero-order chi connectivity index (χ0) is 20.2. The zero-order valence-corrected chi connectivity index (χ0v) is 18.6. The molecule has 4 aromatic carbocycles. The second kappa shape index (κ2) is 9.08. The maximum absolute atomic E-state index is 6.23. The molecule has 0 aliphatic carbocycles. The van der Waals surface area contributed by atoms with E-state index in [2.05, 4.69) is 39.4 Å². The summed E-state index contributed by atoms with van der Waals surface area (Å²) in [7, 11) is 0. The molecule has 0 fully saturated rings. The molecule has 0 atom stereocenters. The van der Waals surface area contributed by atoms with E-state index in [1.807, 2.05) is 60.7 Å². The molecular formula is C24H18BrCl2NO. The van der Waals surface area contributed by atoms with E-state index in [4.69, 9.17) is 27.9 Å². The second-order valence-corrected chi connectivity index (χ2v) is 8.36. The quantitative estimate of drug-likeness (QED) is 0.297. The van der Waals surface area contributed by atoms with Gasteiger partial charge in [0.1, 0.15) is 12.4 Å². The summed E-state index contributed by atoms with van der Waals surface area (Å²) >= 11 is 15.6. The molecule has 0 spiro atoms. The molecule has 0 radical (unpaired) electrons. The summed E-state index contributed by atoms with van der Waals surface area (Å²) in [4.78, 5) is 0. The lowest BCUT2D eigenvalue weighted by Crippen LogP contribution is -2.05. The molecule has 0 saturated heterocycles. The number of nitrogens with one attached hydrogen (secondary N) is 1. The van der Waals surface area contributed by atoms with Crippen molar-refractivity contribution in [3.63, 3.8) is 0 Å². The zero-order valence-electron chi connectivity index (χ0n) is 15.5. The molecular weight excluding hydrogens is 469 g/mol. The van der Waals surface area contributed by atoms with Gasteiger partial charge >= 0.3 is 0 Å². The SMILES string of the molecule is Clc1ccc(COc2ccc3ccccc3c2CNc2ccc(Br)c(Cl)c2)cc1. The lowest BCUT2D eigenvalue weighted by atomic mass is 10.0. The van der Waals surface area contributed by atoms with Crippen molar-refractivity contribution >= 4 is 55.6 Å². The number of halogens is 3. The Hall–Kier alpha value is -2.20. The molecule has 29 heavy (non-hydrogen) atoms. The van der Waals surface area contributed by atoms with E-state index in [1.165, 1.54) is 5.39 Å². The minimum atomic E-state index is 0.479. The van der Waals surface area contributed by atoms with E-state index in [0.29, 0.717) is 18.2 Å². The van der Waals surface area contributed by atoms with Crippen molar-refractivity contribution in [1.82, 2.24) is 0 Å². The van der Waals surface area contributed by atoms with Gasteiger partial charge in [-0.1, -0.05) is 65.7 Å². The third-order valence-electron chi connectivity index (χ3n) is 4.69. The standard InChI is InChI=1S/C24H18BrCl2NO/c25-22-11-10-19(13-23(22)27)28-14-21-20-4-2-1-3-17(20)7-12-24(21)29-15-16-5-8-18(26)9-6-16/h1-13,28H,14-15H2. The lowest BCUT2D eigenvalue weighted by molar-refractivity contribution is 0.304. The highest BCUT2D eigenvalue weighted by molar-refractivity contribution is 9.10. The number of anilines is 1. The molecule has 0 heterocycles. The van der Waals surface area contributed by atoms with Crippen molar-refractivity contribution in [2.75, 3.05) is 5.32 Å². The van der Waals surface area contributed by atoms with Crippen molar-refractivity contribution < 1.29 is 4.74 Å². The van der Waals surface area contributed by atoms with Crippen LogP contribution in [-0.2, 0) is 13.2 Å². The average Bonchev–Trinajstić information content (AvgIpc) is 2.74. The highest BCUT2D eigenvalue weighted by Crippen LogP contribution is 2.31. The van der Waals surface area contributed by atoms with Gasteiger partial charge in [0.05, 0.1) is 5.02 Å². The molecule has 0 aliphatic rings. The number of fused-ring (bicyclic) bond motifs is 1. The molecule has 4 rings (SSSR count). The smallest absolute Gasteiger partial charge is 0.125 e. The van der Waals surface area contributed by atoms with Gasteiger partial charge in [-0.25, -0.2) is 0 Å². The summed E-state index contributed by atoms with van der Waals surface area (Å²) in [5, 5.41) is 7.20. The third-order valence-corrected chi connectivity index (χ3v) is 6.18. The fourth-order valence-electron chi connectivity index (χ4n) is 3.17. The van der Waals surface area contributed by atoms with Crippen molar-refractivity contribution in [1.29, 1.82) is 0 Å². The maximum atomic E-state index is 6.23. The Balaban J connectivity index is 1.61. The van der Waals surface area contributed by atoms with Crippen LogP contribution < -0.4 is 10.1 Å². The predicted molar refractivity (Wildman–Crippen MR) is 126 cm³/mol. The Bertz CT molecular complexity index is 1150. The number of rotatable bonds is 6. The van der Waals surface area contributed by atoms with E-state index < -0.39 is 0 Å². The Morgan fingerprint density at radius 3 is 2.45 bits per heavy atom. The van der Waals surface area contributed by atoms with Gasteiger partial charge in [-0.05, 0) is 68.7 Å². The maximum Gasteiger partial charge on any atom is 0.125 e. The molecule has 0 bridgehead atoms. The van der Waals surface area contributed by atoms with E-state index in [-0.39, 0.29) is 0 Å². The van der Waals surface area contributed by atoms with Crippen LogP contribution in [0.3, 0.4) is 0 Å². The normalized spacial score (nSPS) is 10.9. The summed E-state index contributed by atoms with van der Waals surface area (Å²) < 4.78 is 7.06. The van der Waals surface area contributed by atoms with Crippen molar-refractivity contribution in [3.05, 3.63) is 105 Å². The molecule has 0 aromatic heterocycles. The Labute approximate surface area is 188 Å². The molecule has 4 aromatic rings. The first-order chi connectivity index (χ1) is 14.1.